The quantitative estimate of drug-likeness (QED) is 0.326. The monoisotopic (exact) mass is 362 g/mol. The molecule has 0 bridgehead atoms. The minimum atomic E-state index is -0.806. The summed E-state index contributed by atoms with van der Waals surface area (Å²) in [7, 11) is 0. The van der Waals surface area contributed by atoms with Gasteiger partial charge in [-0.05, 0) is 37.3 Å². The van der Waals surface area contributed by atoms with Crippen LogP contribution in [0.2, 0.25) is 0 Å². The summed E-state index contributed by atoms with van der Waals surface area (Å²) in [5, 5.41) is 38.5. The van der Waals surface area contributed by atoms with E-state index in [-0.39, 0.29) is 17.9 Å². The van der Waals surface area contributed by atoms with E-state index in [1.165, 1.54) is 6.07 Å². The molecule has 0 fully saturated rings. The molecule has 26 heavy (non-hydrogen) atoms. The van der Waals surface area contributed by atoms with E-state index in [0.29, 0.717) is 36.8 Å². The van der Waals surface area contributed by atoms with Gasteiger partial charge >= 0.3 is 5.97 Å². The van der Waals surface area contributed by atoms with Gasteiger partial charge in [-0.25, -0.2) is 0 Å². The van der Waals surface area contributed by atoms with E-state index in [9.17, 15) is 20.1 Å². The fourth-order valence-electron chi connectivity index (χ4n) is 2.64. The topological polar surface area (TPSA) is 98.0 Å². The highest BCUT2D eigenvalue weighted by atomic mass is 16.4. The van der Waals surface area contributed by atoms with Crippen LogP contribution in [-0.4, -0.2) is 32.5 Å². The zero-order valence-electron chi connectivity index (χ0n) is 15.4. The van der Waals surface area contributed by atoms with Crippen LogP contribution >= 0.6 is 0 Å². The number of carbonyl (C=O) groups is 1. The number of carboxylic acid groups (broad SMARTS) is 1. The minimum Gasteiger partial charge on any atom is -0.508 e. The van der Waals surface area contributed by atoms with E-state index in [0.717, 1.165) is 19.3 Å². The van der Waals surface area contributed by atoms with Gasteiger partial charge in [0.1, 0.15) is 11.5 Å². The lowest BCUT2D eigenvalue weighted by Crippen LogP contribution is -2.01. The van der Waals surface area contributed by atoms with E-state index in [1.807, 2.05) is 12.2 Å². The zero-order valence-corrected chi connectivity index (χ0v) is 15.4. The Morgan fingerprint density at radius 3 is 2.62 bits per heavy atom. The number of phenols is 2. The molecule has 5 nitrogen and oxygen atoms in total. The summed E-state index contributed by atoms with van der Waals surface area (Å²) in [5.74, 6) is -0.836. The molecule has 4 N–H and O–H groups in total. The molecule has 0 aliphatic rings. The van der Waals surface area contributed by atoms with Gasteiger partial charge in [0.2, 0.25) is 0 Å². The van der Waals surface area contributed by atoms with Crippen molar-refractivity contribution in [1.82, 2.24) is 0 Å². The highest BCUT2D eigenvalue weighted by Gasteiger charge is 2.08. The SMILES string of the molecule is CCCCCC(O)C=Cc1cc(O)cc(O)c1CC=CCCCC(=O)O. The van der Waals surface area contributed by atoms with Gasteiger partial charge < -0.3 is 20.4 Å². The molecule has 5 heteroatoms. The Kier molecular flexibility index (Phi) is 10.2. The third-order valence-corrected chi connectivity index (χ3v) is 4.10. The van der Waals surface area contributed by atoms with Gasteiger partial charge in [-0.2, -0.15) is 0 Å². The first-order valence-corrected chi connectivity index (χ1v) is 9.22. The second kappa shape index (κ2) is 12.1. The van der Waals surface area contributed by atoms with Crippen molar-refractivity contribution >= 4 is 12.0 Å². The number of hydrogen-bond acceptors (Lipinski definition) is 4. The van der Waals surface area contributed by atoms with Crippen LogP contribution in [0, 0.1) is 0 Å². The molecular weight excluding hydrogens is 332 g/mol. The number of benzene rings is 1. The average molecular weight is 362 g/mol. The lowest BCUT2D eigenvalue weighted by Gasteiger charge is -2.09. The Labute approximate surface area is 155 Å². The van der Waals surface area contributed by atoms with E-state index in [4.69, 9.17) is 5.11 Å². The fraction of sp³-hybridized carbons (Fsp3) is 0.476. The van der Waals surface area contributed by atoms with Gasteiger partial charge in [0.25, 0.3) is 0 Å². The second-order valence-corrected chi connectivity index (χ2v) is 6.42. The highest BCUT2D eigenvalue weighted by Crippen LogP contribution is 2.29. The van der Waals surface area contributed by atoms with Crippen molar-refractivity contribution in [1.29, 1.82) is 0 Å². The lowest BCUT2D eigenvalue weighted by atomic mass is 10.0. The predicted molar refractivity (Wildman–Crippen MR) is 103 cm³/mol. The van der Waals surface area contributed by atoms with Crippen LogP contribution in [0.25, 0.3) is 6.08 Å². The Balaban J connectivity index is 2.72. The molecule has 0 saturated carbocycles. The third-order valence-electron chi connectivity index (χ3n) is 4.10. The van der Waals surface area contributed by atoms with Crippen LogP contribution in [0.3, 0.4) is 0 Å². The Hall–Kier alpha value is -2.27. The van der Waals surface area contributed by atoms with Crippen LogP contribution in [0.1, 0.15) is 63.0 Å². The van der Waals surface area contributed by atoms with Crippen LogP contribution in [-0.2, 0) is 11.2 Å². The maximum atomic E-state index is 10.5. The first-order chi connectivity index (χ1) is 12.4. The largest absolute Gasteiger partial charge is 0.508 e. The number of carboxylic acids is 1. The van der Waals surface area contributed by atoms with Crippen molar-refractivity contribution in [3.05, 3.63) is 41.5 Å². The van der Waals surface area contributed by atoms with Crippen LogP contribution in [0.4, 0.5) is 0 Å². The number of aliphatic hydroxyl groups excluding tert-OH is 1. The molecule has 0 amide bonds. The smallest absolute Gasteiger partial charge is 0.303 e. The molecule has 1 rings (SSSR count). The molecule has 0 aromatic heterocycles. The van der Waals surface area contributed by atoms with Crippen LogP contribution < -0.4 is 0 Å². The summed E-state index contributed by atoms with van der Waals surface area (Å²) < 4.78 is 0. The summed E-state index contributed by atoms with van der Waals surface area (Å²) in [6, 6.07) is 2.85. The van der Waals surface area contributed by atoms with Crippen molar-refractivity contribution in [3.8, 4) is 11.5 Å². The molecule has 1 unspecified atom stereocenters. The molecule has 0 heterocycles. The van der Waals surface area contributed by atoms with E-state index in [1.54, 1.807) is 18.2 Å². The number of phenolic OH excluding ortho intramolecular Hbond substituents is 2. The molecule has 144 valence electrons. The maximum absolute atomic E-state index is 10.5. The zero-order chi connectivity index (χ0) is 19.4. The normalized spacial score (nSPS) is 12.8. The molecule has 1 aromatic rings. The van der Waals surface area contributed by atoms with Crippen molar-refractivity contribution < 1.29 is 25.2 Å². The average Bonchev–Trinajstić information content (AvgIpc) is 2.57. The first-order valence-electron chi connectivity index (χ1n) is 9.22. The number of aliphatic carboxylic acids is 1. The molecular formula is C21H30O5. The lowest BCUT2D eigenvalue weighted by molar-refractivity contribution is -0.137. The summed E-state index contributed by atoms with van der Waals surface area (Å²) in [6.45, 7) is 2.11. The summed E-state index contributed by atoms with van der Waals surface area (Å²) in [5.41, 5.74) is 1.32. The van der Waals surface area contributed by atoms with Gasteiger partial charge in [-0.3, -0.25) is 4.79 Å². The van der Waals surface area contributed by atoms with E-state index < -0.39 is 12.1 Å². The van der Waals surface area contributed by atoms with E-state index >= 15 is 0 Å². The molecule has 1 atom stereocenters. The second-order valence-electron chi connectivity index (χ2n) is 6.42. The molecule has 0 saturated heterocycles. The predicted octanol–water partition coefficient (Wildman–Crippen LogP) is 4.41. The van der Waals surface area contributed by atoms with Gasteiger partial charge in [0, 0.05) is 18.1 Å². The Morgan fingerprint density at radius 1 is 1.15 bits per heavy atom. The number of hydrogen-bond donors (Lipinski definition) is 4. The number of allylic oxidation sites excluding steroid dienone is 2. The number of aromatic hydroxyl groups is 2. The maximum Gasteiger partial charge on any atom is 0.303 e. The molecule has 1 aromatic carbocycles. The summed E-state index contributed by atoms with van der Waals surface area (Å²) >= 11 is 0. The molecule has 0 aliphatic carbocycles. The van der Waals surface area contributed by atoms with Gasteiger partial charge in [0.05, 0.1) is 6.10 Å². The van der Waals surface area contributed by atoms with Crippen molar-refractivity contribution in [3.63, 3.8) is 0 Å². The number of unbranched alkanes of at least 4 members (excludes halogenated alkanes) is 3. The molecule has 0 radical (unpaired) electrons. The minimum absolute atomic E-state index is 0.000286. The Morgan fingerprint density at radius 2 is 1.92 bits per heavy atom. The van der Waals surface area contributed by atoms with Gasteiger partial charge in [-0.15, -0.1) is 0 Å². The third kappa shape index (κ3) is 8.72. The van der Waals surface area contributed by atoms with Crippen molar-refractivity contribution in [2.75, 3.05) is 0 Å². The van der Waals surface area contributed by atoms with Gasteiger partial charge in [0.15, 0.2) is 0 Å². The highest BCUT2D eigenvalue weighted by molar-refractivity contribution is 5.66. The van der Waals surface area contributed by atoms with Crippen LogP contribution in [0.15, 0.2) is 30.4 Å². The number of aliphatic hydroxyl groups is 1. The first kappa shape index (κ1) is 21.8. The van der Waals surface area contributed by atoms with Gasteiger partial charge in [-0.1, -0.05) is 50.5 Å². The Bertz CT molecular complexity index is 619. The fourth-order valence-corrected chi connectivity index (χ4v) is 2.64. The standard InChI is InChI=1S/C21H30O5/c1-2-3-6-9-17(22)13-12-16-14-18(23)15-20(24)19(16)10-7-4-5-8-11-21(25)26/h4,7,12-15,17,22-24H,2-3,5-6,8-11H2,1H3,(H,25,26). The summed E-state index contributed by atoms with van der Waals surface area (Å²) in [6.07, 6.45) is 12.3. The van der Waals surface area contributed by atoms with E-state index in [2.05, 4.69) is 6.92 Å². The molecule has 0 spiro atoms. The van der Waals surface area contributed by atoms with Crippen molar-refractivity contribution in [2.24, 2.45) is 0 Å². The summed E-state index contributed by atoms with van der Waals surface area (Å²) in [4.78, 5) is 10.5. The molecule has 0 aliphatic heterocycles. The van der Waals surface area contributed by atoms with Crippen LogP contribution in [0.5, 0.6) is 11.5 Å². The number of rotatable bonds is 12. The van der Waals surface area contributed by atoms with Crippen molar-refractivity contribution in [2.45, 2.75) is 64.4 Å².